The van der Waals surface area contributed by atoms with Crippen molar-refractivity contribution < 1.29 is 13.9 Å². The average molecular weight is 263 g/mol. The molecule has 19 heavy (non-hydrogen) atoms. The number of hydrogen-bond donors (Lipinski definition) is 1. The Hall–Kier alpha value is -2.37. The molecule has 6 heteroatoms. The molecule has 0 saturated heterocycles. The number of nitrogens with zero attached hydrogens (tertiary/aromatic N) is 2. The lowest BCUT2D eigenvalue weighted by Crippen LogP contribution is -2.11. The number of halogens is 1. The van der Waals surface area contributed by atoms with E-state index in [0.29, 0.717) is 11.4 Å². The highest BCUT2D eigenvalue weighted by atomic mass is 19.1. The smallest absolute Gasteiger partial charge is 0.343 e. The summed E-state index contributed by atoms with van der Waals surface area (Å²) in [6, 6.07) is 2.74. The van der Waals surface area contributed by atoms with Gasteiger partial charge in [0.25, 0.3) is 0 Å². The lowest BCUT2D eigenvalue weighted by atomic mass is 10.1. The van der Waals surface area contributed by atoms with E-state index in [1.807, 2.05) is 0 Å². The van der Waals surface area contributed by atoms with Crippen LogP contribution in [0, 0.1) is 5.82 Å². The van der Waals surface area contributed by atoms with E-state index < -0.39 is 11.8 Å². The predicted octanol–water partition coefficient (Wildman–Crippen LogP) is 1.99. The number of imidazole rings is 1. The van der Waals surface area contributed by atoms with Crippen molar-refractivity contribution >= 4 is 11.7 Å². The van der Waals surface area contributed by atoms with Crippen LogP contribution in [0.25, 0.3) is 11.4 Å². The van der Waals surface area contributed by atoms with Gasteiger partial charge in [0.2, 0.25) is 0 Å². The zero-order chi connectivity index (χ0) is 14.0. The number of benzene rings is 1. The summed E-state index contributed by atoms with van der Waals surface area (Å²) in [5.41, 5.74) is 6.04. The van der Waals surface area contributed by atoms with Crippen molar-refractivity contribution in [2.45, 2.75) is 6.92 Å². The molecule has 0 aliphatic carbocycles. The monoisotopic (exact) mass is 263 g/mol. The summed E-state index contributed by atoms with van der Waals surface area (Å²) in [4.78, 5) is 15.7. The van der Waals surface area contributed by atoms with Gasteiger partial charge >= 0.3 is 5.97 Å². The first-order chi connectivity index (χ1) is 9.04. The molecule has 2 rings (SSSR count). The largest absolute Gasteiger partial charge is 0.462 e. The Labute approximate surface area is 109 Å². The molecule has 0 bridgehead atoms. The van der Waals surface area contributed by atoms with Gasteiger partial charge in [0, 0.05) is 30.7 Å². The third kappa shape index (κ3) is 2.42. The maximum atomic E-state index is 14.0. The van der Waals surface area contributed by atoms with Crippen LogP contribution < -0.4 is 5.73 Å². The maximum absolute atomic E-state index is 14.0. The zero-order valence-electron chi connectivity index (χ0n) is 10.7. The van der Waals surface area contributed by atoms with Gasteiger partial charge in [-0.1, -0.05) is 0 Å². The Balaban J connectivity index is 2.48. The van der Waals surface area contributed by atoms with E-state index in [2.05, 4.69) is 4.98 Å². The topological polar surface area (TPSA) is 70.1 Å². The van der Waals surface area contributed by atoms with Crippen LogP contribution in [0.4, 0.5) is 10.1 Å². The standard InChI is InChI=1S/C13H14FN3O2/c1-3-19-13(18)11-9(14)6-8(7-10(11)15)12-16-4-5-17(12)2/h4-7H,3,15H2,1-2H3. The molecule has 0 atom stereocenters. The van der Waals surface area contributed by atoms with Gasteiger partial charge in [-0.05, 0) is 19.1 Å². The van der Waals surface area contributed by atoms with Crippen LogP contribution in [0.2, 0.25) is 0 Å². The summed E-state index contributed by atoms with van der Waals surface area (Å²) in [5, 5.41) is 0. The van der Waals surface area contributed by atoms with Crippen molar-refractivity contribution in [2.75, 3.05) is 12.3 Å². The van der Waals surface area contributed by atoms with Crippen LogP contribution >= 0.6 is 0 Å². The second kappa shape index (κ2) is 5.09. The number of nitrogens with two attached hydrogens (primary N) is 1. The highest BCUT2D eigenvalue weighted by molar-refractivity contribution is 5.96. The minimum Gasteiger partial charge on any atom is -0.462 e. The lowest BCUT2D eigenvalue weighted by molar-refractivity contribution is 0.0522. The van der Waals surface area contributed by atoms with Crippen molar-refractivity contribution in [1.29, 1.82) is 0 Å². The molecule has 2 aromatic rings. The number of rotatable bonds is 3. The van der Waals surface area contributed by atoms with Crippen LogP contribution in [-0.4, -0.2) is 22.1 Å². The molecule has 0 amide bonds. The van der Waals surface area contributed by atoms with Crippen molar-refractivity contribution in [3.63, 3.8) is 0 Å². The number of nitrogen functional groups attached to an aromatic ring is 1. The van der Waals surface area contributed by atoms with Crippen LogP contribution in [-0.2, 0) is 11.8 Å². The Morgan fingerprint density at radius 3 is 2.79 bits per heavy atom. The van der Waals surface area contributed by atoms with E-state index in [1.54, 1.807) is 30.9 Å². The molecular weight excluding hydrogens is 249 g/mol. The van der Waals surface area contributed by atoms with E-state index in [4.69, 9.17) is 10.5 Å². The Kier molecular flexibility index (Phi) is 3.50. The number of aryl methyl sites for hydroxylation is 1. The Morgan fingerprint density at radius 2 is 2.26 bits per heavy atom. The van der Waals surface area contributed by atoms with Gasteiger partial charge in [0.1, 0.15) is 17.2 Å². The summed E-state index contributed by atoms with van der Waals surface area (Å²) in [6.07, 6.45) is 3.34. The molecule has 0 aliphatic rings. The quantitative estimate of drug-likeness (QED) is 0.679. The fourth-order valence-electron chi connectivity index (χ4n) is 1.82. The third-order valence-corrected chi connectivity index (χ3v) is 2.68. The molecular formula is C13H14FN3O2. The Bertz CT molecular complexity index is 599. The van der Waals surface area contributed by atoms with Crippen LogP contribution in [0.3, 0.4) is 0 Å². The molecule has 2 N–H and O–H groups in total. The van der Waals surface area contributed by atoms with Crippen molar-refractivity contribution in [3.05, 3.63) is 35.9 Å². The molecule has 1 heterocycles. The Morgan fingerprint density at radius 1 is 1.53 bits per heavy atom. The lowest BCUT2D eigenvalue weighted by Gasteiger charge is -2.09. The van der Waals surface area contributed by atoms with Gasteiger partial charge < -0.3 is 15.0 Å². The fourth-order valence-corrected chi connectivity index (χ4v) is 1.82. The highest BCUT2D eigenvalue weighted by Gasteiger charge is 2.19. The van der Waals surface area contributed by atoms with Crippen LogP contribution in [0.15, 0.2) is 24.5 Å². The first-order valence-corrected chi connectivity index (χ1v) is 5.78. The second-order valence-electron chi connectivity index (χ2n) is 4.00. The van der Waals surface area contributed by atoms with E-state index in [1.165, 1.54) is 12.1 Å². The first kappa shape index (κ1) is 13.1. The number of hydrogen-bond acceptors (Lipinski definition) is 4. The highest BCUT2D eigenvalue weighted by Crippen LogP contribution is 2.26. The number of ether oxygens (including phenoxy) is 1. The summed E-state index contributed by atoms with van der Waals surface area (Å²) < 4.78 is 20.5. The molecule has 1 aromatic carbocycles. The van der Waals surface area contributed by atoms with Crippen molar-refractivity contribution in [2.24, 2.45) is 7.05 Å². The average Bonchev–Trinajstić information content (AvgIpc) is 2.74. The molecule has 100 valence electrons. The van der Waals surface area contributed by atoms with Gasteiger partial charge in [0.15, 0.2) is 0 Å². The fraction of sp³-hybridized carbons (Fsp3) is 0.231. The second-order valence-corrected chi connectivity index (χ2v) is 4.00. The summed E-state index contributed by atoms with van der Waals surface area (Å²) in [7, 11) is 1.79. The van der Waals surface area contributed by atoms with Gasteiger partial charge in [-0.3, -0.25) is 0 Å². The molecule has 0 radical (unpaired) electrons. The van der Waals surface area contributed by atoms with Gasteiger partial charge in [-0.25, -0.2) is 14.2 Å². The molecule has 0 unspecified atom stereocenters. The number of esters is 1. The minimum atomic E-state index is -0.760. The number of aromatic nitrogens is 2. The normalized spacial score (nSPS) is 10.5. The van der Waals surface area contributed by atoms with E-state index >= 15 is 0 Å². The third-order valence-electron chi connectivity index (χ3n) is 2.68. The van der Waals surface area contributed by atoms with Crippen LogP contribution in [0.1, 0.15) is 17.3 Å². The predicted molar refractivity (Wildman–Crippen MR) is 69.0 cm³/mol. The van der Waals surface area contributed by atoms with E-state index in [9.17, 15) is 9.18 Å². The van der Waals surface area contributed by atoms with Crippen molar-refractivity contribution in [3.8, 4) is 11.4 Å². The summed E-state index contributed by atoms with van der Waals surface area (Å²) in [5.74, 6) is -0.902. The van der Waals surface area contributed by atoms with Gasteiger partial charge in [-0.2, -0.15) is 0 Å². The first-order valence-electron chi connectivity index (χ1n) is 5.78. The minimum absolute atomic E-state index is 0.0384. The van der Waals surface area contributed by atoms with Crippen LogP contribution in [0.5, 0.6) is 0 Å². The molecule has 0 spiro atoms. The molecule has 0 fully saturated rings. The number of anilines is 1. The molecule has 0 saturated carbocycles. The molecule has 1 aromatic heterocycles. The maximum Gasteiger partial charge on any atom is 0.343 e. The van der Waals surface area contributed by atoms with Crippen molar-refractivity contribution in [1.82, 2.24) is 9.55 Å². The molecule has 5 nitrogen and oxygen atoms in total. The number of carbonyl (C=O) groups is 1. The van der Waals surface area contributed by atoms with E-state index in [0.717, 1.165) is 0 Å². The summed E-state index contributed by atoms with van der Waals surface area (Å²) >= 11 is 0. The van der Waals surface area contributed by atoms with E-state index in [-0.39, 0.29) is 17.9 Å². The van der Waals surface area contributed by atoms with Gasteiger partial charge in [-0.15, -0.1) is 0 Å². The SMILES string of the molecule is CCOC(=O)c1c(N)cc(-c2nccn2C)cc1F. The zero-order valence-corrected chi connectivity index (χ0v) is 10.7. The summed E-state index contributed by atoms with van der Waals surface area (Å²) in [6.45, 7) is 1.81. The van der Waals surface area contributed by atoms with Gasteiger partial charge in [0.05, 0.1) is 6.61 Å². The molecule has 0 aliphatic heterocycles. The number of carbonyl (C=O) groups excluding carboxylic acids is 1.